The topological polar surface area (TPSA) is 122 Å². The molecule has 0 unspecified atom stereocenters. The van der Waals surface area contributed by atoms with Crippen molar-refractivity contribution in [2.45, 2.75) is 54.2 Å². The SMILES string of the molecule is CC.CC.Cc1ccc(CC(=O)O)c(OCc2c3cc(-c4cccc(CN)c4)ccc3nn2C)c1.O. The van der Waals surface area contributed by atoms with Gasteiger partial charge >= 0.3 is 5.97 Å². The number of hydrogen-bond donors (Lipinski definition) is 2. The number of carboxylic acids is 1. The van der Waals surface area contributed by atoms with Crippen LogP contribution in [0.2, 0.25) is 0 Å². The average Bonchev–Trinajstić information content (AvgIpc) is 3.20. The summed E-state index contributed by atoms with van der Waals surface area (Å²) in [6.45, 7) is 10.7. The van der Waals surface area contributed by atoms with Crippen LogP contribution in [0.25, 0.3) is 22.0 Å². The van der Waals surface area contributed by atoms with Gasteiger partial charge in [0.1, 0.15) is 12.4 Å². The summed E-state index contributed by atoms with van der Waals surface area (Å²) in [5.74, 6) is -0.299. The van der Waals surface area contributed by atoms with E-state index in [1.807, 2.05) is 82.7 Å². The van der Waals surface area contributed by atoms with Gasteiger partial charge in [-0.3, -0.25) is 9.48 Å². The Kier molecular flexibility index (Phi) is 12.4. The van der Waals surface area contributed by atoms with Gasteiger partial charge in [0.25, 0.3) is 0 Å². The van der Waals surface area contributed by atoms with E-state index in [1.54, 1.807) is 0 Å². The fraction of sp³-hybridized carbons (Fsp3) is 0.310. The van der Waals surface area contributed by atoms with Gasteiger partial charge in [0.15, 0.2) is 0 Å². The first-order valence-electron chi connectivity index (χ1n) is 12.1. The number of hydrogen-bond acceptors (Lipinski definition) is 4. The molecule has 0 aliphatic heterocycles. The zero-order valence-electron chi connectivity index (χ0n) is 22.1. The smallest absolute Gasteiger partial charge is 0.307 e. The standard InChI is InChI=1S/C25H25N3O3.2C2H6.H2O/c1-16-6-7-20(13-25(29)30)24(10-16)31-15-23-21-12-19(8-9-22(21)27-28(23)2)18-5-3-4-17(11-18)14-26;2*1-2;/h3-12H,13-15,26H2,1-2H3,(H,29,30);2*1-2H3;1H2. The molecule has 4 aromatic rings. The monoisotopic (exact) mass is 493 g/mol. The zero-order chi connectivity index (χ0) is 26.0. The Morgan fingerprint density at radius 3 is 2.36 bits per heavy atom. The van der Waals surface area contributed by atoms with Gasteiger partial charge in [-0.1, -0.05) is 64.1 Å². The van der Waals surface area contributed by atoms with E-state index in [9.17, 15) is 9.90 Å². The second-order valence-electron chi connectivity index (χ2n) is 7.68. The molecule has 7 nitrogen and oxygen atoms in total. The third-order valence-corrected chi connectivity index (χ3v) is 5.38. The molecular weight excluding hydrogens is 454 g/mol. The fourth-order valence-corrected chi connectivity index (χ4v) is 3.73. The van der Waals surface area contributed by atoms with Crippen LogP contribution in [-0.4, -0.2) is 26.3 Å². The molecule has 0 aliphatic rings. The van der Waals surface area contributed by atoms with Gasteiger partial charge in [-0.15, -0.1) is 0 Å². The van der Waals surface area contributed by atoms with Crippen LogP contribution in [0.1, 0.15) is 50.1 Å². The summed E-state index contributed by atoms with van der Waals surface area (Å²) >= 11 is 0. The number of nitrogens with zero attached hydrogens (tertiary/aromatic N) is 2. The summed E-state index contributed by atoms with van der Waals surface area (Å²) in [6, 6.07) is 19.9. The van der Waals surface area contributed by atoms with E-state index in [4.69, 9.17) is 10.5 Å². The van der Waals surface area contributed by atoms with Gasteiger partial charge in [-0.2, -0.15) is 5.10 Å². The first kappa shape index (κ1) is 30.4. The second kappa shape index (κ2) is 14.7. The number of rotatable bonds is 7. The normalized spacial score (nSPS) is 9.86. The minimum Gasteiger partial charge on any atom is -0.487 e. The lowest BCUT2D eigenvalue weighted by molar-refractivity contribution is -0.136. The maximum atomic E-state index is 11.2. The van der Waals surface area contributed by atoms with Crippen LogP contribution in [0.3, 0.4) is 0 Å². The maximum absolute atomic E-state index is 11.2. The van der Waals surface area contributed by atoms with Crippen LogP contribution < -0.4 is 10.5 Å². The molecule has 0 spiro atoms. The van der Waals surface area contributed by atoms with Gasteiger partial charge in [0, 0.05) is 24.5 Å². The van der Waals surface area contributed by atoms with Gasteiger partial charge in [-0.05, 0) is 53.4 Å². The van der Waals surface area contributed by atoms with E-state index in [-0.39, 0.29) is 18.5 Å². The van der Waals surface area contributed by atoms with E-state index in [0.29, 0.717) is 17.9 Å². The number of fused-ring (bicyclic) bond motifs is 1. The molecule has 194 valence electrons. The highest BCUT2D eigenvalue weighted by Crippen LogP contribution is 2.28. The molecule has 0 saturated heterocycles. The Bertz CT molecular complexity index is 1260. The highest BCUT2D eigenvalue weighted by atomic mass is 16.5. The number of aryl methyl sites for hydroxylation is 2. The van der Waals surface area contributed by atoms with Gasteiger partial charge in [-0.25, -0.2) is 0 Å². The number of nitrogens with two attached hydrogens (primary N) is 1. The van der Waals surface area contributed by atoms with Crippen LogP contribution in [-0.2, 0) is 31.4 Å². The van der Waals surface area contributed by atoms with Crippen LogP contribution in [0.5, 0.6) is 5.75 Å². The Labute approximate surface area is 213 Å². The van der Waals surface area contributed by atoms with Crippen LogP contribution in [0.15, 0.2) is 60.7 Å². The predicted octanol–water partition coefficient (Wildman–Crippen LogP) is 5.44. The summed E-state index contributed by atoms with van der Waals surface area (Å²) in [5.41, 5.74) is 12.5. The lowest BCUT2D eigenvalue weighted by atomic mass is 10.0. The second-order valence-corrected chi connectivity index (χ2v) is 7.68. The maximum Gasteiger partial charge on any atom is 0.307 e. The molecule has 0 bridgehead atoms. The third-order valence-electron chi connectivity index (χ3n) is 5.38. The van der Waals surface area contributed by atoms with E-state index in [0.717, 1.165) is 38.9 Å². The average molecular weight is 494 g/mol. The number of carbonyl (C=O) groups is 1. The Balaban J connectivity index is 0.00000123. The molecule has 5 N–H and O–H groups in total. The molecular formula is C29H39N3O4. The van der Waals surface area contributed by atoms with Crippen molar-refractivity contribution in [3.8, 4) is 16.9 Å². The van der Waals surface area contributed by atoms with Crippen molar-refractivity contribution in [1.29, 1.82) is 0 Å². The minimum absolute atomic E-state index is 0. The summed E-state index contributed by atoms with van der Waals surface area (Å²) in [7, 11) is 1.89. The summed E-state index contributed by atoms with van der Waals surface area (Å²) in [4.78, 5) is 11.2. The molecule has 0 atom stereocenters. The van der Waals surface area contributed by atoms with Crippen LogP contribution in [0.4, 0.5) is 0 Å². The number of ether oxygens (including phenoxy) is 1. The zero-order valence-corrected chi connectivity index (χ0v) is 22.1. The van der Waals surface area contributed by atoms with Gasteiger partial charge in [0.2, 0.25) is 0 Å². The molecule has 1 heterocycles. The number of carboxylic acid groups (broad SMARTS) is 1. The fourth-order valence-electron chi connectivity index (χ4n) is 3.73. The van der Waals surface area contributed by atoms with Crippen molar-refractivity contribution in [1.82, 2.24) is 9.78 Å². The largest absolute Gasteiger partial charge is 0.487 e. The van der Waals surface area contributed by atoms with E-state index >= 15 is 0 Å². The number of aliphatic carboxylic acids is 1. The van der Waals surface area contributed by atoms with E-state index in [2.05, 4.69) is 29.4 Å². The molecule has 0 saturated carbocycles. The summed E-state index contributed by atoms with van der Waals surface area (Å²) < 4.78 is 7.91. The van der Waals surface area contributed by atoms with Crippen molar-refractivity contribution in [2.75, 3.05) is 0 Å². The first-order chi connectivity index (χ1) is 16.9. The minimum atomic E-state index is -0.885. The molecule has 4 rings (SSSR count). The molecule has 0 amide bonds. The van der Waals surface area contributed by atoms with Crippen molar-refractivity contribution in [2.24, 2.45) is 12.8 Å². The summed E-state index contributed by atoms with van der Waals surface area (Å²) in [6.07, 6.45) is -0.0800. The summed E-state index contributed by atoms with van der Waals surface area (Å²) in [5, 5.41) is 14.8. The molecule has 0 aliphatic carbocycles. The molecule has 3 aromatic carbocycles. The van der Waals surface area contributed by atoms with Crippen molar-refractivity contribution in [3.63, 3.8) is 0 Å². The molecule has 0 radical (unpaired) electrons. The first-order valence-corrected chi connectivity index (χ1v) is 12.1. The van der Waals surface area contributed by atoms with Crippen molar-refractivity contribution < 1.29 is 20.1 Å². The number of benzene rings is 3. The van der Waals surface area contributed by atoms with Crippen LogP contribution in [0, 0.1) is 6.92 Å². The quantitative estimate of drug-likeness (QED) is 0.355. The lowest BCUT2D eigenvalue weighted by Gasteiger charge is -2.12. The van der Waals surface area contributed by atoms with Crippen molar-refractivity contribution in [3.05, 3.63) is 83.0 Å². The third kappa shape index (κ3) is 7.41. The van der Waals surface area contributed by atoms with Gasteiger partial charge < -0.3 is 21.1 Å². The highest BCUT2D eigenvalue weighted by molar-refractivity contribution is 5.87. The van der Waals surface area contributed by atoms with Crippen LogP contribution >= 0.6 is 0 Å². The van der Waals surface area contributed by atoms with E-state index in [1.165, 1.54) is 0 Å². The van der Waals surface area contributed by atoms with E-state index < -0.39 is 5.97 Å². The predicted molar refractivity (Wildman–Crippen MR) is 147 cm³/mol. The molecule has 36 heavy (non-hydrogen) atoms. The van der Waals surface area contributed by atoms with Gasteiger partial charge in [0.05, 0.1) is 17.6 Å². The molecule has 1 aromatic heterocycles. The van der Waals surface area contributed by atoms with Crippen molar-refractivity contribution >= 4 is 16.9 Å². The number of aromatic nitrogens is 2. The molecule has 0 fully saturated rings. The Morgan fingerprint density at radius 1 is 1.00 bits per heavy atom. The molecule has 7 heteroatoms. The lowest BCUT2D eigenvalue weighted by Crippen LogP contribution is -2.07. The Morgan fingerprint density at radius 2 is 1.69 bits per heavy atom. The highest BCUT2D eigenvalue weighted by Gasteiger charge is 2.14. The Hall–Kier alpha value is -3.68.